The van der Waals surface area contributed by atoms with Crippen LogP contribution in [-0.2, 0) is 10.2 Å². The Morgan fingerprint density at radius 2 is 1.81 bits per heavy atom. The van der Waals surface area contributed by atoms with Crippen molar-refractivity contribution in [3.05, 3.63) is 83.4 Å². The maximum Gasteiger partial charge on any atom is 0.235 e. The second-order valence-electron chi connectivity index (χ2n) is 6.53. The summed E-state index contributed by atoms with van der Waals surface area (Å²) in [7, 11) is 0. The second-order valence-corrected chi connectivity index (χ2v) is 6.53. The van der Waals surface area contributed by atoms with E-state index in [9.17, 15) is 9.90 Å². The fourth-order valence-electron chi connectivity index (χ4n) is 3.66. The third-order valence-corrected chi connectivity index (χ3v) is 4.88. The Kier molecular flexibility index (Phi) is 5.69. The molecule has 0 aromatic heterocycles. The zero-order chi connectivity index (χ0) is 18.4. The van der Waals surface area contributed by atoms with E-state index < -0.39 is 5.41 Å². The molecule has 3 heteroatoms. The van der Waals surface area contributed by atoms with Crippen molar-refractivity contribution in [1.82, 2.24) is 5.32 Å². The summed E-state index contributed by atoms with van der Waals surface area (Å²) in [5, 5.41) is 12.3. The molecule has 0 radical (unpaired) electrons. The molecule has 0 aliphatic heterocycles. The maximum absolute atomic E-state index is 13.4. The van der Waals surface area contributed by atoms with Gasteiger partial charge in [-0.15, -0.1) is 0 Å². The summed E-state index contributed by atoms with van der Waals surface area (Å²) in [6, 6.07) is 18.2. The van der Waals surface area contributed by atoms with E-state index in [4.69, 9.17) is 0 Å². The topological polar surface area (TPSA) is 49.3 Å². The average molecular weight is 347 g/mol. The van der Waals surface area contributed by atoms with E-state index >= 15 is 0 Å². The minimum Gasteiger partial charge on any atom is -0.392 e. The van der Waals surface area contributed by atoms with Crippen LogP contribution < -0.4 is 5.32 Å². The molecular formula is C23H25NO2. The first kappa shape index (κ1) is 18.2. The van der Waals surface area contributed by atoms with E-state index in [2.05, 4.69) is 36.5 Å². The number of aliphatic hydroxyl groups excluding tert-OH is 1. The summed E-state index contributed by atoms with van der Waals surface area (Å²) in [5.74, 6) is 0.0157. The van der Waals surface area contributed by atoms with Gasteiger partial charge in [-0.3, -0.25) is 4.79 Å². The van der Waals surface area contributed by atoms with Crippen molar-refractivity contribution in [3.8, 4) is 0 Å². The Labute approximate surface area is 155 Å². The van der Waals surface area contributed by atoms with Crippen molar-refractivity contribution in [2.45, 2.75) is 25.2 Å². The number of rotatable bonds is 7. The van der Waals surface area contributed by atoms with Gasteiger partial charge in [-0.2, -0.15) is 0 Å². The first-order valence-corrected chi connectivity index (χ1v) is 9.15. The second kappa shape index (κ2) is 8.15. The van der Waals surface area contributed by atoms with Crippen LogP contribution in [0.5, 0.6) is 0 Å². The van der Waals surface area contributed by atoms with Crippen LogP contribution in [0.4, 0.5) is 0 Å². The number of allylic oxidation sites excluding steroid dienone is 1. The fraction of sp³-hybridized carbons (Fsp3) is 0.261. The Hall–Kier alpha value is -2.65. The van der Waals surface area contributed by atoms with E-state index in [0.29, 0.717) is 13.0 Å². The predicted molar refractivity (Wildman–Crippen MR) is 107 cm³/mol. The Bertz CT molecular complexity index is 823. The van der Waals surface area contributed by atoms with Gasteiger partial charge in [0, 0.05) is 6.54 Å². The highest BCUT2D eigenvalue weighted by Gasteiger charge is 2.47. The van der Waals surface area contributed by atoms with Crippen molar-refractivity contribution in [1.29, 1.82) is 0 Å². The largest absolute Gasteiger partial charge is 0.392 e. The molecule has 3 rings (SSSR count). The fourth-order valence-corrected chi connectivity index (χ4v) is 3.66. The van der Waals surface area contributed by atoms with Crippen molar-refractivity contribution in [2.24, 2.45) is 0 Å². The molecule has 1 unspecified atom stereocenters. The highest BCUT2D eigenvalue weighted by atomic mass is 16.2. The lowest BCUT2D eigenvalue weighted by Crippen LogP contribution is -2.44. The van der Waals surface area contributed by atoms with Crippen molar-refractivity contribution in [3.63, 3.8) is 0 Å². The Morgan fingerprint density at radius 1 is 1.08 bits per heavy atom. The van der Waals surface area contributed by atoms with Crippen molar-refractivity contribution in [2.75, 3.05) is 13.2 Å². The quantitative estimate of drug-likeness (QED) is 0.745. The molecule has 134 valence electrons. The van der Waals surface area contributed by atoms with Crippen molar-refractivity contribution >= 4 is 17.6 Å². The molecule has 1 amide bonds. The van der Waals surface area contributed by atoms with Gasteiger partial charge in [-0.25, -0.2) is 0 Å². The number of carbonyl (C=O) groups excluding carboxylic acids is 1. The van der Waals surface area contributed by atoms with Gasteiger partial charge in [0.25, 0.3) is 0 Å². The van der Waals surface area contributed by atoms with Gasteiger partial charge >= 0.3 is 0 Å². The summed E-state index contributed by atoms with van der Waals surface area (Å²) in [6.07, 6.45) is 7.15. The molecule has 0 spiro atoms. The minimum atomic E-state index is -0.779. The molecule has 0 saturated heterocycles. The van der Waals surface area contributed by atoms with E-state index in [1.165, 1.54) is 0 Å². The number of benzene rings is 2. The molecule has 2 aromatic rings. The van der Waals surface area contributed by atoms with E-state index in [1.54, 1.807) is 6.08 Å². The first-order chi connectivity index (χ1) is 12.7. The zero-order valence-electron chi connectivity index (χ0n) is 15.1. The maximum atomic E-state index is 13.4. The van der Waals surface area contributed by atoms with Gasteiger partial charge in [0.2, 0.25) is 5.91 Å². The Balaban J connectivity index is 2.17. The van der Waals surface area contributed by atoms with Crippen LogP contribution >= 0.6 is 0 Å². The van der Waals surface area contributed by atoms with Gasteiger partial charge in [0.05, 0.1) is 6.61 Å². The lowest BCUT2D eigenvalue weighted by Gasteiger charge is -2.32. The lowest BCUT2D eigenvalue weighted by molar-refractivity contribution is -0.124. The normalized spacial score (nSPS) is 18.6. The molecule has 1 aliphatic rings. The van der Waals surface area contributed by atoms with Crippen LogP contribution in [0.25, 0.3) is 11.6 Å². The number of carbonyl (C=O) groups is 1. The van der Waals surface area contributed by atoms with Gasteiger partial charge in [0.1, 0.15) is 5.41 Å². The van der Waals surface area contributed by atoms with Crippen LogP contribution in [0.2, 0.25) is 0 Å². The van der Waals surface area contributed by atoms with Gasteiger partial charge < -0.3 is 10.4 Å². The summed E-state index contributed by atoms with van der Waals surface area (Å²) in [6.45, 7) is 2.67. The van der Waals surface area contributed by atoms with Crippen LogP contribution in [0, 0.1) is 0 Å². The molecular weight excluding hydrogens is 322 g/mol. The monoisotopic (exact) mass is 347 g/mol. The van der Waals surface area contributed by atoms with Gasteiger partial charge in [-0.1, -0.05) is 73.7 Å². The number of hydrogen-bond acceptors (Lipinski definition) is 2. The number of aliphatic hydroxyl groups is 1. The summed E-state index contributed by atoms with van der Waals surface area (Å²) >= 11 is 0. The highest BCUT2D eigenvalue weighted by molar-refractivity contribution is 6.10. The molecule has 0 fully saturated rings. The average Bonchev–Trinajstić information content (AvgIpc) is 3.02. The Morgan fingerprint density at radius 3 is 2.54 bits per heavy atom. The van der Waals surface area contributed by atoms with E-state index in [0.717, 1.165) is 28.7 Å². The number of nitrogens with one attached hydrogen (secondary N) is 1. The van der Waals surface area contributed by atoms with Crippen molar-refractivity contribution < 1.29 is 9.90 Å². The lowest BCUT2D eigenvalue weighted by atomic mass is 9.71. The summed E-state index contributed by atoms with van der Waals surface area (Å²) < 4.78 is 0. The third kappa shape index (κ3) is 3.23. The molecule has 1 atom stereocenters. The zero-order valence-corrected chi connectivity index (χ0v) is 15.1. The summed E-state index contributed by atoms with van der Waals surface area (Å²) in [4.78, 5) is 13.4. The molecule has 2 aromatic carbocycles. The smallest absolute Gasteiger partial charge is 0.235 e. The number of hydrogen-bond donors (Lipinski definition) is 2. The van der Waals surface area contributed by atoms with E-state index in [-0.39, 0.29) is 12.5 Å². The van der Waals surface area contributed by atoms with Crippen LogP contribution in [0.3, 0.4) is 0 Å². The predicted octanol–water partition coefficient (Wildman–Crippen LogP) is 3.94. The SMILES string of the molecule is CCCNC(=O)C1(C/C=C/CO)C(c2ccccc2)=Cc2ccccc21. The first-order valence-electron chi connectivity index (χ1n) is 9.15. The molecule has 2 N–H and O–H groups in total. The third-order valence-electron chi connectivity index (χ3n) is 4.88. The minimum absolute atomic E-state index is 0.0157. The molecule has 1 aliphatic carbocycles. The molecule has 0 saturated carbocycles. The molecule has 3 nitrogen and oxygen atoms in total. The molecule has 26 heavy (non-hydrogen) atoms. The molecule has 0 bridgehead atoms. The standard InChI is InChI=1S/C23H25NO2/c1-2-15-24-22(26)23(14-8-9-16-25)20-13-7-6-12-19(20)17-21(23)18-10-4-3-5-11-18/h3-13,17,25H,2,14-16H2,1H3,(H,24,26)/b9-8+. The van der Waals surface area contributed by atoms with Crippen LogP contribution in [-0.4, -0.2) is 24.2 Å². The van der Waals surface area contributed by atoms with Crippen LogP contribution in [0.1, 0.15) is 36.5 Å². The van der Waals surface area contributed by atoms with Crippen LogP contribution in [0.15, 0.2) is 66.7 Å². The number of amides is 1. The highest BCUT2D eigenvalue weighted by Crippen LogP contribution is 2.49. The van der Waals surface area contributed by atoms with E-state index in [1.807, 2.05) is 42.5 Å². The number of fused-ring (bicyclic) bond motifs is 1. The van der Waals surface area contributed by atoms with Gasteiger partial charge in [0.15, 0.2) is 0 Å². The summed E-state index contributed by atoms with van der Waals surface area (Å²) in [5.41, 5.74) is 3.38. The molecule has 0 heterocycles. The van der Waals surface area contributed by atoms with Gasteiger partial charge in [-0.05, 0) is 41.2 Å².